The van der Waals surface area contributed by atoms with Crippen LogP contribution in [-0.2, 0) is 0 Å². The van der Waals surface area contributed by atoms with E-state index in [4.69, 9.17) is 0 Å². The molecule has 1 fully saturated rings. The van der Waals surface area contributed by atoms with Gasteiger partial charge in [-0.2, -0.15) is 0 Å². The summed E-state index contributed by atoms with van der Waals surface area (Å²) in [7, 11) is 0. The quantitative estimate of drug-likeness (QED) is 0.929. The molecule has 0 radical (unpaired) electrons. The first-order chi connectivity index (χ1) is 12.0. The van der Waals surface area contributed by atoms with Crippen molar-refractivity contribution in [3.8, 4) is 0 Å². The van der Waals surface area contributed by atoms with Gasteiger partial charge in [0.2, 0.25) is 0 Å². The van der Waals surface area contributed by atoms with Gasteiger partial charge in [0.15, 0.2) is 11.6 Å². The first-order valence-electron chi connectivity index (χ1n) is 8.00. The van der Waals surface area contributed by atoms with Crippen LogP contribution in [0.25, 0.3) is 0 Å². The molecule has 2 aromatic rings. The van der Waals surface area contributed by atoms with Crippen LogP contribution >= 0.6 is 0 Å². The van der Waals surface area contributed by atoms with Crippen LogP contribution in [0, 0.1) is 11.6 Å². The fraction of sp³-hybridized carbons (Fsp3) is 0.278. The van der Waals surface area contributed by atoms with E-state index in [0.29, 0.717) is 31.5 Å². The molecule has 7 heteroatoms. The zero-order valence-corrected chi connectivity index (χ0v) is 13.4. The second-order valence-corrected chi connectivity index (χ2v) is 5.91. The van der Waals surface area contributed by atoms with Crippen LogP contribution in [0.1, 0.15) is 33.6 Å². The molecule has 130 valence electrons. The average Bonchev–Trinajstić information content (AvgIpc) is 2.65. The third-order valence-corrected chi connectivity index (χ3v) is 4.21. The number of carbonyl (C=O) groups is 2. The molecule has 25 heavy (non-hydrogen) atoms. The summed E-state index contributed by atoms with van der Waals surface area (Å²) < 4.78 is 26.2. The van der Waals surface area contributed by atoms with Crippen LogP contribution in [0.5, 0.6) is 0 Å². The molecular formula is C18H17F2N3O2. The highest BCUT2D eigenvalue weighted by Crippen LogP contribution is 2.16. The maximum atomic E-state index is 13.3. The lowest BCUT2D eigenvalue weighted by molar-refractivity contribution is 0.0697. The second kappa shape index (κ2) is 7.38. The lowest BCUT2D eigenvalue weighted by Crippen LogP contribution is -2.46. The van der Waals surface area contributed by atoms with Crippen molar-refractivity contribution >= 4 is 11.8 Å². The largest absolute Gasteiger partial charge is 0.349 e. The van der Waals surface area contributed by atoms with Crippen LogP contribution < -0.4 is 5.32 Å². The number of nitrogens with one attached hydrogen (secondary N) is 1. The third-order valence-electron chi connectivity index (χ3n) is 4.21. The van der Waals surface area contributed by atoms with Crippen molar-refractivity contribution in [1.29, 1.82) is 0 Å². The topological polar surface area (TPSA) is 62.3 Å². The predicted molar refractivity (Wildman–Crippen MR) is 87.0 cm³/mol. The van der Waals surface area contributed by atoms with Gasteiger partial charge in [0.1, 0.15) is 0 Å². The normalized spacial score (nSPS) is 15.0. The Labute approximate surface area is 143 Å². The third kappa shape index (κ3) is 3.99. The van der Waals surface area contributed by atoms with Crippen molar-refractivity contribution < 1.29 is 18.4 Å². The minimum absolute atomic E-state index is 0.0401. The summed E-state index contributed by atoms with van der Waals surface area (Å²) in [5.41, 5.74) is 0.611. The number of hydrogen-bond donors (Lipinski definition) is 1. The molecule has 0 saturated carbocycles. The number of halogens is 2. The number of pyridine rings is 1. The lowest BCUT2D eigenvalue weighted by atomic mass is 10.0. The Kier molecular flexibility index (Phi) is 5.02. The number of hydrogen-bond acceptors (Lipinski definition) is 3. The second-order valence-electron chi connectivity index (χ2n) is 5.91. The standard InChI is InChI=1S/C18H17F2N3O2/c19-15-4-3-12(10-16(15)20)18(25)23-8-5-14(6-9-23)22-17(24)13-2-1-7-21-11-13/h1-4,7,10-11,14H,5-6,8-9H2,(H,22,24). The number of aromatic nitrogens is 1. The fourth-order valence-electron chi connectivity index (χ4n) is 2.80. The van der Waals surface area contributed by atoms with E-state index in [1.54, 1.807) is 23.2 Å². The van der Waals surface area contributed by atoms with Crippen LogP contribution in [0.2, 0.25) is 0 Å². The molecule has 1 aromatic carbocycles. The van der Waals surface area contributed by atoms with Gasteiger partial charge >= 0.3 is 0 Å². The minimum atomic E-state index is -1.04. The molecule has 1 aliphatic rings. The van der Waals surface area contributed by atoms with Gasteiger partial charge in [0.05, 0.1) is 5.56 Å². The van der Waals surface area contributed by atoms with E-state index in [0.717, 1.165) is 12.1 Å². The van der Waals surface area contributed by atoms with Crippen molar-refractivity contribution in [1.82, 2.24) is 15.2 Å². The van der Waals surface area contributed by atoms with Gasteiger partial charge in [-0.25, -0.2) is 8.78 Å². The Bertz CT molecular complexity index is 775. The zero-order valence-electron chi connectivity index (χ0n) is 13.4. The van der Waals surface area contributed by atoms with Gasteiger partial charge in [-0.15, -0.1) is 0 Å². The summed E-state index contributed by atoms with van der Waals surface area (Å²) >= 11 is 0. The molecule has 1 saturated heterocycles. The van der Waals surface area contributed by atoms with Gasteiger partial charge in [-0.3, -0.25) is 14.6 Å². The number of nitrogens with zero attached hydrogens (tertiary/aromatic N) is 2. The number of carbonyl (C=O) groups excluding carboxylic acids is 2. The van der Waals surface area contributed by atoms with Gasteiger partial charge in [-0.1, -0.05) is 0 Å². The Balaban J connectivity index is 1.55. The molecule has 0 atom stereocenters. The molecular weight excluding hydrogens is 328 g/mol. The summed E-state index contributed by atoms with van der Waals surface area (Å²) in [4.78, 5) is 30.0. The molecule has 1 aliphatic heterocycles. The number of benzene rings is 1. The average molecular weight is 345 g/mol. The molecule has 2 amide bonds. The maximum absolute atomic E-state index is 13.3. The zero-order chi connectivity index (χ0) is 17.8. The van der Waals surface area contributed by atoms with Gasteiger partial charge in [0, 0.05) is 37.1 Å². The molecule has 0 aliphatic carbocycles. The first kappa shape index (κ1) is 17.0. The summed E-state index contributed by atoms with van der Waals surface area (Å²) in [6.07, 6.45) is 4.29. The molecule has 3 rings (SSSR count). The number of rotatable bonds is 3. The summed E-state index contributed by atoms with van der Waals surface area (Å²) in [5, 5.41) is 2.92. The van der Waals surface area contributed by atoms with E-state index < -0.39 is 11.6 Å². The van der Waals surface area contributed by atoms with E-state index in [1.807, 2.05) is 0 Å². The highest BCUT2D eigenvalue weighted by Gasteiger charge is 2.25. The number of amides is 2. The van der Waals surface area contributed by atoms with E-state index in [1.165, 1.54) is 12.3 Å². The van der Waals surface area contributed by atoms with Crippen molar-refractivity contribution in [2.24, 2.45) is 0 Å². The van der Waals surface area contributed by atoms with Crippen molar-refractivity contribution in [3.05, 3.63) is 65.5 Å². The Morgan fingerprint density at radius 1 is 1.08 bits per heavy atom. The Morgan fingerprint density at radius 3 is 2.48 bits per heavy atom. The predicted octanol–water partition coefficient (Wildman–Crippen LogP) is 2.39. The smallest absolute Gasteiger partial charge is 0.253 e. The fourth-order valence-corrected chi connectivity index (χ4v) is 2.80. The van der Waals surface area contributed by atoms with Crippen molar-refractivity contribution in [2.75, 3.05) is 13.1 Å². The number of likely N-dealkylation sites (tertiary alicyclic amines) is 1. The highest BCUT2D eigenvalue weighted by molar-refractivity contribution is 5.95. The van der Waals surface area contributed by atoms with E-state index in [-0.39, 0.29) is 23.4 Å². The molecule has 0 bridgehead atoms. The van der Waals surface area contributed by atoms with Crippen LogP contribution in [0.3, 0.4) is 0 Å². The Morgan fingerprint density at radius 2 is 1.84 bits per heavy atom. The molecule has 0 unspecified atom stereocenters. The summed E-state index contributed by atoms with van der Waals surface area (Å²) in [6.45, 7) is 0.881. The van der Waals surface area contributed by atoms with Crippen LogP contribution in [-0.4, -0.2) is 40.8 Å². The summed E-state index contributed by atoms with van der Waals surface area (Å²) in [6, 6.07) is 6.47. The van der Waals surface area contributed by atoms with Crippen molar-refractivity contribution in [2.45, 2.75) is 18.9 Å². The molecule has 0 spiro atoms. The van der Waals surface area contributed by atoms with Gasteiger partial charge < -0.3 is 10.2 Å². The minimum Gasteiger partial charge on any atom is -0.349 e. The van der Waals surface area contributed by atoms with Crippen LogP contribution in [0.15, 0.2) is 42.7 Å². The summed E-state index contributed by atoms with van der Waals surface area (Å²) in [5.74, 6) is -2.55. The maximum Gasteiger partial charge on any atom is 0.253 e. The molecule has 2 heterocycles. The highest BCUT2D eigenvalue weighted by atomic mass is 19.2. The van der Waals surface area contributed by atoms with E-state index in [9.17, 15) is 18.4 Å². The van der Waals surface area contributed by atoms with Crippen molar-refractivity contribution in [3.63, 3.8) is 0 Å². The monoisotopic (exact) mass is 345 g/mol. The van der Waals surface area contributed by atoms with Gasteiger partial charge in [-0.05, 0) is 43.2 Å². The number of piperidine rings is 1. The lowest BCUT2D eigenvalue weighted by Gasteiger charge is -2.32. The SMILES string of the molecule is O=C(NC1CCN(C(=O)c2ccc(F)c(F)c2)CC1)c1cccnc1. The molecule has 1 aromatic heterocycles. The van der Waals surface area contributed by atoms with E-state index >= 15 is 0 Å². The van der Waals surface area contributed by atoms with E-state index in [2.05, 4.69) is 10.3 Å². The van der Waals surface area contributed by atoms with Gasteiger partial charge in [0.25, 0.3) is 11.8 Å². The van der Waals surface area contributed by atoms with Crippen LogP contribution in [0.4, 0.5) is 8.78 Å². The first-order valence-corrected chi connectivity index (χ1v) is 8.00. The molecule has 5 nitrogen and oxygen atoms in total. The molecule has 1 N–H and O–H groups in total. The Hall–Kier alpha value is -2.83.